The number of nitrogens with zero attached hydrogens (tertiary/aromatic N) is 3. The number of carbonyl (C=O) groups is 1. The van der Waals surface area contributed by atoms with Gasteiger partial charge >= 0.3 is 5.97 Å². The molecule has 1 saturated carbocycles. The van der Waals surface area contributed by atoms with Gasteiger partial charge in [-0.3, -0.25) is 4.79 Å². The molecule has 7 heteroatoms. The van der Waals surface area contributed by atoms with Crippen LogP contribution in [0.15, 0.2) is 24.3 Å². The Kier molecular flexibility index (Phi) is 4.87. The van der Waals surface area contributed by atoms with E-state index in [0.717, 1.165) is 41.8 Å². The molecule has 1 aromatic heterocycles. The number of aliphatic carboxylic acids is 1. The Labute approximate surface area is 139 Å². The van der Waals surface area contributed by atoms with E-state index in [-0.39, 0.29) is 5.54 Å². The van der Waals surface area contributed by atoms with Gasteiger partial charge in [0.2, 0.25) is 0 Å². The average molecular weight is 334 g/mol. The van der Waals surface area contributed by atoms with Crippen molar-refractivity contribution in [3.8, 4) is 0 Å². The minimum absolute atomic E-state index is 0.0426. The standard InChI is InChI=1S/C16H22N4O2S/c17-12(15(21)22)6-10-23-11-9-16(7-3-8-16)20-18-13-4-1-2-5-14(13)19-20/h1-2,4-5,12H,3,6-11,17H2,(H,21,22). The number of hydrogen-bond donors (Lipinski definition) is 2. The molecule has 0 spiro atoms. The molecule has 1 atom stereocenters. The van der Waals surface area contributed by atoms with Gasteiger partial charge in [-0.05, 0) is 55.7 Å². The van der Waals surface area contributed by atoms with E-state index >= 15 is 0 Å². The minimum atomic E-state index is -0.923. The zero-order valence-corrected chi connectivity index (χ0v) is 13.8. The fourth-order valence-corrected chi connectivity index (χ4v) is 4.05. The summed E-state index contributed by atoms with van der Waals surface area (Å²) in [7, 11) is 0. The molecular formula is C16H22N4O2S. The number of carboxylic acids is 1. The normalized spacial score (nSPS) is 17.8. The molecule has 0 bridgehead atoms. The van der Waals surface area contributed by atoms with E-state index < -0.39 is 12.0 Å². The molecule has 3 rings (SSSR count). The molecule has 1 aliphatic carbocycles. The molecule has 0 aliphatic heterocycles. The lowest BCUT2D eigenvalue weighted by Gasteiger charge is -2.40. The van der Waals surface area contributed by atoms with Crippen LogP contribution in [0.1, 0.15) is 32.1 Å². The van der Waals surface area contributed by atoms with E-state index in [4.69, 9.17) is 10.8 Å². The first kappa shape index (κ1) is 16.3. The Hall–Kier alpha value is -1.60. The summed E-state index contributed by atoms with van der Waals surface area (Å²) in [5.74, 6) is 0.830. The molecule has 2 aromatic rings. The van der Waals surface area contributed by atoms with Crippen LogP contribution >= 0.6 is 11.8 Å². The van der Waals surface area contributed by atoms with Crippen molar-refractivity contribution < 1.29 is 9.90 Å². The van der Waals surface area contributed by atoms with Gasteiger partial charge in [0.15, 0.2) is 0 Å². The van der Waals surface area contributed by atoms with Gasteiger partial charge in [-0.2, -0.15) is 26.8 Å². The fraction of sp³-hybridized carbons (Fsp3) is 0.562. The van der Waals surface area contributed by atoms with Gasteiger partial charge in [-0.25, -0.2) is 0 Å². The minimum Gasteiger partial charge on any atom is -0.480 e. The van der Waals surface area contributed by atoms with E-state index in [9.17, 15) is 4.79 Å². The van der Waals surface area contributed by atoms with Crippen LogP contribution in [0.2, 0.25) is 0 Å². The van der Waals surface area contributed by atoms with Crippen LogP contribution in [0.5, 0.6) is 0 Å². The number of nitrogens with two attached hydrogens (primary N) is 1. The highest BCUT2D eigenvalue weighted by molar-refractivity contribution is 7.99. The van der Waals surface area contributed by atoms with E-state index in [2.05, 4.69) is 10.2 Å². The van der Waals surface area contributed by atoms with Gasteiger partial charge in [0.05, 0.1) is 5.54 Å². The maximum absolute atomic E-state index is 10.7. The van der Waals surface area contributed by atoms with Crippen LogP contribution in [0, 0.1) is 0 Å². The predicted molar refractivity (Wildman–Crippen MR) is 91.5 cm³/mol. The van der Waals surface area contributed by atoms with E-state index in [1.165, 1.54) is 6.42 Å². The average Bonchev–Trinajstić information content (AvgIpc) is 2.92. The van der Waals surface area contributed by atoms with Crippen LogP contribution in [-0.4, -0.2) is 43.6 Å². The summed E-state index contributed by atoms with van der Waals surface area (Å²) in [5.41, 5.74) is 7.45. The third-order valence-corrected chi connectivity index (χ3v) is 5.61. The molecule has 23 heavy (non-hydrogen) atoms. The zero-order chi connectivity index (χ0) is 16.3. The van der Waals surface area contributed by atoms with Gasteiger partial charge in [0, 0.05) is 0 Å². The molecule has 1 heterocycles. The molecule has 0 radical (unpaired) electrons. The van der Waals surface area contributed by atoms with Crippen LogP contribution in [0.4, 0.5) is 0 Å². The maximum Gasteiger partial charge on any atom is 0.320 e. The lowest BCUT2D eigenvalue weighted by atomic mass is 9.75. The Bertz CT molecular complexity index is 651. The highest BCUT2D eigenvalue weighted by atomic mass is 32.2. The topological polar surface area (TPSA) is 94.0 Å². The summed E-state index contributed by atoms with van der Waals surface area (Å²) < 4.78 is 0. The van der Waals surface area contributed by atoms with Crippen LogP contribution < -0.4 is 5.73 Å². The lowest BCUT2D eigenvalue weighted by Crippen LogP contribution is -2.42. The fourth-order valence-electron chi connectivity index (χ4n) is 2.90. The number of benzene rings is 1. The third-order valence-electron chi connectivity index (χ3n) is 4.60. The number of carboxylic acid groups (broad SMARTS) is 1. The SMILES string of the molecule is NC(CCSCCC1(n2nc3ccccc3n2)CCC1)C(=O)O. The van der Waals surface area contributed by atoms with Gasteiger partial charge in [-0.15, -0.1) is 0 Å². The molecule has 1 aliphatic rings. The number of rotatable bonds is 8. The molecule has 0 amide bonds. The van der Waals surface area contributed by atoms with Gasteiger partial charge in [0.25, 0.3) is 0 Å². The van der Waals surface area contributed by atoms with Crippen molar-refractivity contribution in [2.75, 3.05) is 11.5 Å². The molecule has 1 unspecified atom stereocenters. The van der Waals surface area contributed by atoms with Crippen molar-refractivity contribution >= 4 is 28.8 Å². The number of hydrogen-bond acceptors (Lipinski definition) is 5. The lowest BCUT2D eigenvalue weighted by molar-refractivity contribution is -0.138. The summed E-state index contributed by atoms with van der Waals surface area (Å²) in [4.78, 5) is 12.6. The monoisotopic (exact) mass is 334 g/mol. The van der Waals surface area contributed by atoms with Crippen LogP contribution in [0.3, 0.4) is 0 Å². The first-order valence-electron chi connectivity index (χ1n) is 7.99. The van der Waals surface area contributed by atoms with Crippen molar-refractivity contribution in [2.24, 2.45) is 5.73 Å². The molecule has 1 fully saturated rings. The quantitative estimate of drug-likeness (QED) is 0.719. The van der Waals surface area contributed by atoms with Crippen molar-refractivity contribution in [2.45, 2.75) is 43.7 Å². The molecule has 6 nitrogen and oxygen atoms in total. The molecule has 0 saturated heterocycles. The first-order valence-corrected chi connectivity index (χ1v) is 9.15. The smallest absolute Gasteiger partial charge is 0.320 e. The first-order chi connectivity index (χ1) is 11.1. The van der Waals surface area contributed by atoms with Crippen molar-refractivity contribution in [1.29, 1.82) is 0 Å². The van der Waals surface area contributed by atoms with Crippen molar-refractivity contribution in [3.63, 3.8) is 0 Å². The number of aromatic nitrogens is 3. The van der Waals surface area contributed by atoms with Gasteiger partial charge in [-0.1, -0.05) is 12.1 Å². The van der Waals surface area contributed by atoms with Crippen molar-refractivity contribution in [1.82, 2.24) is 15.0 Å². The number of fused-ring (bicyclic) bond motifs is 1. The highest BCUT2D eigenvalue weighted by Crippen LogP contribution is 2.42. The van der Waals surface area contributed by atoms with Crippen molar-refractivity contribution in [3.05, 3.63) is 24.3 Å². The summed E-state index contributed by atoms with van der Waals surface area (Å²) in [6.45, 7) is 0. The largest absolute Gasteiger partial charge is 0.480 e. The second-order valence-corrected chi connectivity index (χ2v) is 7.38. The molecule has 1 aromatic carbocycles. The summed E-state index contributed by atoms with van der Waals surface area (Å²) in [6.07, 6.45) is 4.97. The second kappa shape index (κ2) is 6.88. The Balaban J connectivity index is 1.55. The van der Waals surface area contributed by atoms with E-state index in [1.807, 2.05) is 29.1 Å². The summed E-state index contributed by atoms with van der Waals surface area (Å²) in [6, 6.07) is 7.20. The summed E-state index contributed by atoms with van der Waals surface area (Å²) >= 11 is 1.76. The Morgan fingerprint density at radius 3 is 2.48 bits per heavy atom. The second-order valence-electron chi connectivity index (χ2n) is 6.15. The van der Waals surface area contributed by atoms with Gasteiger partial charge < -0.3 is 10.8 Å². The predicted octanol–water partition coefficient (Wildman–Crippen LogP) is 2.24. The molecule has 124 valence electrons. The highest BCUT2D eigenvalue weighted by Gasteiger charge is 2.40. The molecular weight excluding hydrogens is 312 g/mol. The van der Waals surface area contributed by atoms with E-state index in [1.54, 1.807) is 11.8 Å². The van der Waals surface area contributed by atoms with Crippen LogP contribution in [0.25, 0.3) is 11.0 Å². The Morgan fingerprint density at radius 1 is 1.30 bits per heavy atom. The maximum atomic E-state index is 10.7. The Morgan fingerprint density at radius 2 is 1.96 bits per heavy atom. The molecule has 3 N–H and O–H groups in total. The van der Waals surface area contributed by atoms with E-state index in [0.29, 0.717) is 6.42 Å². The van der Waals surface area contributed by atoms with Gasteiger partial charge in [0.1, 0.15) is 17.1 Å². The number of thioether (sulfide) groups is 1. The summed E-state index contributed by atoms with van der Waals surface area (Å²) in [5, 5.41) is 18.1. The zero-order valence-electron chi connectivity index (χ0n) is 13.0. The van der Waals surface area contributed by atoms with Crippen LogP contribution in [-0.2, 0) is 10.3 Å². The third kappa shape index (κ3) is 3.50.